The van der Waals surface area contributed by atoms with E-state index >= 15 is 0 Å². The van der Waals surface area contributed by atoms with E-state index in [0.717, 1.165) is 21.5 Å². The zero-order chi connectivity index (χ0) is 17.1. The minimum Gasteiger partial charge on any atom is -0.467 e. The average molecular weight is 348 g/mol. The molecule has 124 valence electrons. The first kappa shape index (κ1) is 15.6. The number of thiophene rings is 1. The number of amides is 1. The van der Waals surface area contributed by atoms with E-state index in [-0.39, 0.29) is 5.91 Å². The number of para-hydroxylation sites is 1. The molecule has 5 heteroatoms. The van der Waals surface area contributed by atoms with Crippen molar-refractivity contribution in [3.8, 4) is 0 Å². The second-order valence-corrected chi connectivity index (χ2v) is 6.74. The molecule has 3 aromatic heterocycles. The van der Waals surface area contributed by atoms with Crippen LogP contribution in [0.2, 0.25) is 0 Å². The third-order valence-electron chi connectivity index (χ3n) is 3.96. The lowest BCUT2D eigenvalue weighted by Gasteiger charge is -2.21. The standard InChI is InChI=1S/C20H16N2O2S/c23-20(19-10-9-15-5-1-2-8-18(15)21-19)22(13-16-6-3-11-24-16)14-17-7-4-12-25-17/h1-12H,13-14H2. The lowest BCUT2D eigenvalue weighted by molar-refractivity contribution is 0.0714. The van der Waals surface area contributed by atoms with Crippen LogP contribution in [-0.4, -0.2) is 15.8 Å². The predicted octanol–water partition coefficient (Wildman–Crippen LogP) is 4.73. The van der Waals surface area contributed by atoms with E-state index in [1.807, 2.05) is 60.0 Å². The van der Waals surface area contributed by atoms with Gasteiger partial charge in [0.05, 0.1) is 24.9 Å². The maximum atomic E-state index is 13.1. The van der Waals surface area contributed by atoms with Crippen LogP contribution in [-0.2, 0) is 13.1 Å². The van der Waals surface area contributed by atoms with Crippen LogP contribution in [0.25, 0.3) is 10.9 Å². The molecule has 0 saturated heterocycles. The summed E-state index contributed by atoms with van der Waals surface area (Å²) in [7, 11) is 0. The maximum Gasteiger partial charge on any atom is 0.273 e. The molecule has 4 aromatic rings. The molecule has 0 aliphatic rings. The minimum absolute atomic E-state index is 0.101. The molecule has 0 unspecified atom stereocenters. The van der Waals surface area contributed by atoms with Crippen molar-refractivity contribution in [1.82, 2.24) is 9.88 Å². The lowest BCUT2D eigenvalue weighted by atomic mass is 10.2. The van der Waals surface area contributed by atoms with E-state index < -0.39 is 0 Å². The van der Waals surface area contributed by atoms with Gasteiger partial charge in [-0.3, -0.25) is 4.79 Å². The Hall–Kier alpha value is -2.92. The normalized spacial score (nSPS) is 10.9. The molecule has 0 atom stereocenters. The highest BCUT2D eigenvalue weighted by molar-refractivity contribution is 7.09. The number of rotatable bonds is 5. The number of hydrogen-bond donors (Lipinski definition) is 0. The molecule has 1 aromatic carbocycles. The first-order valence-electron chi connectivity index (χ1n) is 7.99. The van der Waals surface area contributed by atoms with Crippen molar-refractivity contribution in [3.63, 3.8) is 0 Å². The fraction of sp³-hybridized carbons (Fsp3) is 0.100. The number of pyridine rings is 1. The van der Waals surface area contributed by atoms with Crippen LogP contribution in [0, 0.1) is 0 Å². The number of aromatic nitrogens is 1. The SMILES string of the molecule is O=C(c1ccc2ccccc2n1)N(Cc1ccco1)Cc1cccs1. The van der Waals surface area contributed by atoms with Gasteiger partial charge in [-0.25, -0.2) is 4.98 Å². The van der Waals surface area contributed by atoms with Crippen LogP contribution in [0.4, 0.5) is 0 Å². The highest BCUT2D eigenvalue weighted by Crippen LogP contribution is 2.18. The summed E-state index contributed by atoms with van der Waals surface area (Å²) in [6.45, 7) is 0.948. The topological polar surface area (TPSA) is 46.3 Å². The molecule has 0 saturated carbocycles. The van der Waals surface area contributed by atoms with Crippen molar-refractivity contribution in [2.24, 2.45) is 0 Å². The highest BCUT2D eigenvalue weighted by atomic mass is 32.1. The number of hydrogen-bond acceptors (Lipinski definition) is 4. The monoisotopic (exact) mass is 348 g/mol. The van der Waals surface area contributed by atoms with Crippen LogP contribution >= 0.6 is 11.3 Å². The van der Waals surface area contributed by atoms with Gasteiger partial charge in [-0.1, -0.05) is 30.3 Å². The van der Waals surface area contributed by atoms with Crippen LogP contribution < -0.4 is 0 Å². The van der Waals surface area contributed by atoms with Gasteiger partial charge in [0.25, 0.3) is 5.91 Å². The second kappa shape index (κ2) is 6.91. The van der Waals surface area contributed by atoms with Gasteiger partial charge in [0.1, 0.15) is 11.5 Å². The summed E-state index contributed by atoms with van der Waals surface area (Å²) in [6.07, 6.45) is 1.62. The molecule has 0 fully saturated rings. The third kappa shape index (κ3) is 3.46. The molecule has 0 aliphatic heterocycles. The fourth-order valence-corrected chi connectivity index (χ4v) is 3.45. The number of benzene rings is 1. The molecule has 0 N–H and O–H groups in total. The summed E-state index contributed by atoms with van der Waals surface area (Å²) in [5, 5.41) is 3.04. The van der Waals surface area contributed by atoms with Crippen molar-refractivity contribution in [2.45, 2.75) is 13.1 Å². The smallest absolute Gasteiger partial charge is 0.273 e. The zero-order valence-electron chi connectivity index (χ0n) is 13.5. The number of fused-ring (bicyclic) bond motifs is 1. The van der Waals surface area contributed by atoms with Crippen LogP contribution in [0.5, 0.6) is 0 Å². The highest BCUT2D eigenvalue weighted by Gasteiger charge is 2.19. The molecule has 0 aliphatic carbocycles. The fourth-order valence-electron chi connectivity index (χ4n) is 2.73. The Kier molecular flexibility index (Phi) is 4.31. The Labute approximate surface area is 149 Å². The largest absolute Gasteiger partial charge is 0.467 e. The number of furan rings is 1. The van der Waals surface area contributed by atoms with Crippen molar-refractivity contribution < 1.29 is 9.21 Å². The molecule has 25 heavy (non-hydrogen) atoms. The first-order chi connectivity index (χ1) is 12.3. The Morgan fingerprint density at radius 2 is 1.92 bits per heavy atom. The minimum atomic E-state index is -0.101. The van der Waals surface area contributed by atoms with E-state index in [2.05, 4.69) is 4.98 Å². The van der Waals surface area contributed by atoms with E-state index in [1.54, 1.807) is 28.6 Å². The molecular formula is C20H16N2O2S. The lowest BCUT2D eigenvalue weighted by Crippen LogP contribution is -2.30. The number of nitrogens with zero attached hydrogens (tertiary/aromatic N) is 2. The van der Waals surface area contributed by atoms with Gasteiger partial charge >= 0.3 is 0 Å². The molecule has 4 rings (SSSR count). The summed E-state index contributed by atoms with van der Waals surface area (Å²) in [5.74, 6) is 0.654. The molecule has 0 radical (unpaired) electrons. The Morgan fingerprint density at radius 1 is 1.00 bits per heavy atom. The Bertz CT molecular complexity index is 942. The van der Waals surface area contributed by atoms with Gasteiger partial charge in [0.2, 0.25) is 0 Å². The van der Waals surface area contributed by atoms with Crippen molar-refractivity contribution in [1.29, 1.82) is 0 Å². The van der Waals surface area contributed by atoms with Gasteiger partial charge in [-0.2, -0.15) is 0 Å². The molecule has 1 amide bonds. The number of carbonyl (C=O) groups excluding carboxylic acids is 1. The summed E-state index contributed by atoms with van der Waals surface area (Å²) in [5.41, 5.74) is 1.27. The van der Waals surface area contributed by atoms with Crippen molar-refractivity contribution >= 4 is 28.1 Å². The molecule has 4 nitrogen and oxygen atoms in total. The molecule has 0 bridgehead atoms. The molecule has 3 heterocycles. The van der Waals surface area contributed by atoms with Crippen LogP contribution in [0.15, 0.2) is 76.7 Å². The summed E-state index contributed by atoms with van der Waals surface area (Å²) in [6, 6.07) is 19.2. The second-order valence-electron chi connectivity index (χ2n) is 5.71. The first-order valence-corrected chi connectivity index (χ1v) is 8.87. The van der Waals surface area contributed by atoms with Crippen molar-refractivity contribution in [3.05, 3.63) is 88.6 Å². The quantitative estimate of drug-likeness (QED) is 0.524. The predicted molar refractivity (Wildman–Crippen MR) is 98.3 cm³/mol. The average Bonchev–Trinajstić information content (AvgIpc) is 3.34. The van der Waals surface area contributed by atoms with E-state index in [0.29, 0.717) is 18.8 Å². The summed E-state index contributed by atoms with van der Waals surface area (Å²) < 4.78 is 5.43. The van der Waals surface area contributed by atoms with E-state index in [1.165, 1.54) is 0 Å². The third-order valence-corrected chi connectivity index (χ3v) is 4.82. The number of carbonyl (C=O) groups is 1. The van der Waals surface area contributed by atoms with Crippen molar-refractivity contribution in [2.75, 3.05) is 0 Å². The molecule has 0 spiro atoms. The van der Waals surface area contributed by atoms with Crippen LogP contribution in [0.1, 0.15) is 21.1 Å². The maximum absolute atomic E-state index is 13.1. The molecular weight excluding hydrogens is 332 g/mol. The Balaban J connectivity index is 1.65. The van der Waals surface area contributed by atoms with E-state index in [4.69, 9.17) is 4.42 Å². The Morgan fingerprint density at radius 3 is 2.72 bits per heavy atom. The summed E-state index contributed by atoms with van der Waals surface area (Å²) in [4.78, 5) is 20.5. The van der Waals surface area contributed by atoms with E-state index in [9.17, 15) is 4.79 Å². The summed E-state index contributed by atoms with van der Waals surface area (Å²) >= 11 is 1.63. The van der Waals surface area contributed by atoms with Gasteiger partial charge in [0.15, 0.2) is 0 Å². The van der Waals surface area contributed by atoms with Gasteiger partial charge in [-0.15, -0.1) is 11.3 Å². The van der Waals surface area contributed by atoms with Gasteiger partial charge in [-0.05, 0) is 35.7 Å². The van der Waals surface area contributed by atoms with Gasteiger partial charge < -0.3 is 9.32 Å². The van der Waals surface area contributed by atoms with Crippen LogP contribution in [0.3, 0.4) is 0 Å². The van der Waals surface area contributed by atoms with Gasteiger partial charge in [0, 0.05) is 10.3 Å². The zero-order valence-corrected chi connectivity index (χ0v) is 14.3.